The molecule has 0 radical (unpaired) electrons. The van der Waals surface area contributed by atoms with Gasteiger partial charge in [0.2, 0.25) is 0 Å². The Morgan fingerprint density at radius 1 is 0.923 bits per heavy atom. The molecule has 2 rings (SSSR count). The molecular formula is C14H12BF2LiO8. The zero-order valence-electron chi connectivity index (χ0n) is 12.3. The SMILES string of the molecule is O=C(O)OB(O)OC(=O)O.Oc1ccc(-c2ccc(F)cc2F)cc1.[LiH]. The van der Waals surface area contributed by atoms with Crippen molar-refractivity contribution in [1.82, 2.24) is 0 Å². The zero-order valence-corrected chi connectivity index (χ0v) is 12.3. The van der Waals surface area contributed by atoms with E-state index in [-0.39, 0.29) is 24.6 Å². The fraction of sp³-hybridized carbons (Fsp3) is 0. The molecule has 0 unspecified atom stereocenters. The Morgan fingerprint density at radius 2 is 1.42 bits per heavy atom. The number of halogens is 2. The van der Waals surface area contributed by atoms with Crippen molar-refractivity contribution >= 4 is 38.5 Å². The van der Waals surface area contributed by atoms with E-state index in [0.717, 1.165) is 6.07 Å². The fourth-order valence-corrected chi connectivity index (χ4v) is 1.56. The molecule has 134 valence electrons. The molecule has 4 N–H and O–H groups in total. The molecular weight excluding hydrogens is 352 g/mol. The minimum atomic E-state index is -2.28. The van der Waals surface area contributed by atoms with Gasteiger partial charge in [0.25, 0.3) is 0 Å². The summed E-state index contributed by atoms with van der Waals surface area (Å²) in [6.45, 7) is 0. The van der Waals surface area contributed by atoms with Gasteiger partial charge in [-0.1, -0.05) is 12.1 Å². The number of carboxylic acid groups (broad SMARTS) is 2. The van der Waals surface area contributed by atoms with Crippen LogP contribution in [0.5, 0.6) is 5.75 Å². The van der Waals surface area contributed by atoms with Crippen molar-refractivity contribution < 1.29 is 48.0 Å². The van der Waals surface area contributed by atoms with Crippen LogP contribution in [0.4, 0.5) is 18.4 Å². The number of rotatable bonds is 3. The number of phenolic OH excluding ortho intramolecular Hbond substituents is 1. The van der Waals surface area contributed by atoms with E-state index in [1.807, 2.05) is 0 Å². The molecule has 0 spiro atoms. The first-order valence-electron chi connectivity index (χ1n) is 6.40. The van der Waals surface area contributed by atoms with Crippen LogP contribution in [-0.4, -0.2) is 58.8 Å². The Balaban J connectivity index is 0.000000504. The third kappa shape index (κ3) is 8.39. The summed E-state index contributed by atoms with van der Waals surface area (Å²) >= 11 is 0. The fourth-order valence-electron chi connectivity index (χ4n) is 1.56. The van der Waals surface area contributed by atoms with E-state index in [9.17, 15) is 18.4 Å². The van der Waals surface area contributed by atoms with Crippen LogP contribution in [0, 0.1) is 11.6 Å². The van der Waals surface area contributed by atoms with E-state index in [1.54, 1.807) is 12.1 Å². The molecule has 0 aliphatic rings. The van der Waals surface area contributed by atoms with Gasteiger partial charge in [0.15, 0.2) is 0 Å². The quantitative estimate of drug-likeness (QED) is 0.608. The summed E-state index contributed by atoms with van der Waals surface area (Å²) in [5.74, 6) is -1.10. The zero-order chi connectivity index (χ0) is 19.0. The van der Waals surface area contributed by atoms with Crippen molar-refractivity contribution in [1.29, 1.82) is 0 Å². The van der Waals surface area contributed by atoms with Gasteiger partial charge in [0.05, 0.1) is 0 Å². The molecule has 0 aliphatic carbocycles. The molecule has 0 amide bonds. The molecule has 8 nitrogen and oxygen atoms in total. The molecule has 0 saturated carbocycles. The van der Waals surface area contributed by atoms with Crippen LogP contribution < -0.4 is 0 Å². The van der Waals surface area contributed by atoms with Crippen LogP contribution in [-0.2, 0) is 9.31 Å². The predicted octanol–water partition coefficient (Wildman–Crippen LogP) is 2.04. The van der Waals surface area contributed by atoms with Gasteiger partial charge < -0.3 is 29.7 Å². The minimum absolute atomic E-state index is 0. The van der Waals surface area contributed by atoms with Gasteiger partial charge >= 0.3 is 38.5 Å². The number of carbonyl (C=O) groups is 2. The summed E-state index contributed by atoms with van der Waals surface area (Å²) in [5, 5.41) is 32.7. The maximum atomic E-state index is 13.3. The summed E-state index contributed by atoms with van der Waals surface area (Å²) in [5.41, 5.74) is 0.918. The second-order valence-electron chi connectivity index (χ2n) is 4.25. The third-order valence-corrected chi connectivity index (χ3v) is 2.51. The Bertz CT molecular complexity index is 728. The van der Waals surface area contributed by atoms with Gasteiger partial charge in [-0.25, -0.2) is 18.4 Å². The monoisotopic (exact) mass is 364 g/mol. The van der Waals surface area contributed by atoms with Crippen molar-refractivity contribution in [3.05, 3.63) is 54.1 Å². The molecule has 0 fully saturated rings. The molecule has 26 heavy (non-hydrogen) atoms. The van der Waals surface area contributed by atoms with E-state index in [2.05, 4.69) is 9.31 Å². The molecule has 0 aromatic heterocycles. The van der Waals surface area contributed by atoms with Gasteiger partial charge in [-0.3, -0.25) is 0 Å². The molecule has 0 heterocycles. The van der Waals surface area contributed by atoms with Crippen LogP contribution in [0.25, 0.3) is 11.1 Å². The third-order valence-electron chi connectivity index (χ3n) is 2.51. The standard InChI is InChI=1S/C12H8F2O.C2H3BO7.Li.H/c13-9-3-6-11(12(14)7-9)8-1-4-10(15)5-2-8;4-1(5)9-3(8)10-2(6)7;;/h1-7,15H;8H,(H,4,5)(H,6,7);;. The van der Waals surface area contributed by atoms with E-state index in [0.29, 0.717) is 11.1 Å². The van der Waals surface area contributed by atoms with Gasteiger partial charge in [-0.2, -0.15) is 0 Å². The van der Waals surface area contributed by atoms with Crippen LogP contribution in [0.2, 0.25) is 0 Å². The number of aromatic hydroxyl groups is 1. The van der Waals surface area contributed by atoms with Crippen LogP contribution >= 0.6 is 0 Å². The number of phenols is 1. The normalized spacial score (nSPS) is 9.04. The van der Waals surface area contributed by atoms with Gasteiger partial charge in [-0.15, -0.1) is 0 Å². The van der Waals surface area contributed by atoms with Crippen molar-refractivity contribution in [3.8, 4) is 16.9 Å². The summed E-state index contributed by atoms with van der Waals surface area (Å²) in [7, 11) is -2.28. The first-order valence-corrected chi connectivity index (χ1v) is 6.40. The summed E-state index contributed by atoms with van der Waals surface area (Å²) in [6.07, 6.45) is -3.65. The van der Waals surface area contributed by atoms with E-state index < -0.39 is 31.3 Å². The second-order valence-corrected chi connectivity index (χ2v) is 4.25. The molecule has 12 heteroatoms. The number of benzene rings is 2. The first kappa shape index (κ1) is 23.3. The molecule has 2 aromatic carbocycles. The number of hydrogen-bond donors (Lipinski definition) is 4. The van der Waals surface area contributed by atoms with E-state index >= 15 is 0 Å². The van der Waals surface area contributed by atoms with Crippen molar-refractivity contribution in [2.45, 2.75) is 0 Å². The Labute approximate surface area is 158 Å². The molecule has 2 aromatic rings. The predicted molar refractivity (Wildman–Crippen MR) is 86.8 cm³/mol. The van der Waals surface area contributed by atoms with Gasteiger partial charge in [0, 0.05) is 11.6 Å². The average molecular weight is 364 g/mol. The van der Waals surface area contributed by atoms with Crippen LogP contribution in [0.15, 0.2) is 42.5 Å². The Kier molecular flexibility index (Phi) is 9.83. The van der Waals surface area contributed by atoms with Crippen LogP contribution in [0.3, 0.4) is 0 Å². The molecule has 0 aliphatic heterocycles. The molecule has 0 atom stereocenters. The van der Waals surface area contributed by atoms with Crippen molar-refractivity contribution in [3.63, 3.8) is 0 Å². The summed E-state index contributed by atoms with van der Waals surface area (Å²) in [4.78, 5) is 19.1. The van der Waals surface area contributed by atoms with Gasteiger partial charge in [0.1, 0.15) is 17.4 Å². The van der Waals surface area contributed by atoms with Gasteiger partial charge in [-0.05, 0) is 29.8 Å². The Hall–Kier alpha value is -2.74. The number of hydrogen-bond acceptors (Lipinski definition) is 6. The molecule has 0 saturated heterocycles. The van der Waals surface area contributed by atoms with E-state index in [1.165, 1.54) is 24.3 Å². The second kappa shape index (κ2) is 11.0. The van der Waals surface area contributed by atoms with Crippen molar-refractivity contribution in [2.75, 3.05) is 0 Å². The maximum absolute atomic E-state index is 13.3. The topological polar surface area (TPSA) is 134 Å². The summed E-state index contributed by atoms with van der Waals surface area (Å²) < 4.78 is 32.8. The average Bonchev–Trinajstić information content (AvgIpc) is 2.47. The molecule has 0 bridgehead atoms. The summed E-state index contributed by atoms with van der Waals surface area (Å²) in [6, 6.07) is 9.47. The van der Waals surface area contributed by atoms with E-state index in [4.69, 9.17) is 20.3 Å². The van der Waals surface area contributed by atoms with Crippen LogP contribution in [0.1, 0.15) is 0 Å². The Morgan fingerprint density at radius 3 is 1.85 bits per heavy atom. The first-order chi connectivity index (χ1) is 11.7. The van der Waals surface area contributed by atoms with Crippen molar-refractivity contribution in [2.24, 2.45) is 0 Å².